The summed E-state index contributed by atoms with van der Waals surface area (Å²) in [5.41, 5.74) is 1.16. The monoisotopic (exact) mass is 375 g/mol. The van der Waals surface area contributed by atoms with Gasteiger partial charge in [0.15, 0.2) is 0 Å². The number of rotatable bonds is 4. The second kappa shape index (κ2) is 5.61. The highest BCUT2D eigenvalue weighted by molar-refractivity contribution is 9.11. The minimum Gasteiger partial charge on any atom is -0.478 e. The largest absolute Gasteiger partial charge is 0.478 e. The zero-order valence-electron chi connectivity index (χ0n) is 10.1. The summed E-state index contributed by atoms with van der Waals surface area (Å²) in [7, 11) is 0. The van der Waals surface area contributed by atoms with Crippen LogP contribution in [-0.2, 0) is 0 Å². The number of carboxylic acids is 1. The number of anilines is 1. The number of aromatic carboxylic acids is 1. The fourth-order valence-corrected chi connectivity index (χ4v) is 3.87. The van der Waals surface area contributed by atoms with Crippen molar-refractivity contribution in [1.29, 1.82) is 0 Å². The van der Waals surface area contributed by atoms with E-state index in [0.29, 0.717) is 11.5 Å². The van der Waals surface area contributed by atoms with Crippen LogP contribution in [0.2, 0.25) is 0 Å². The average molecular weight is 377 g/mol. The molecule has 0 aliphatic carbocycles. The first-order valence-corrected chi connectivity index (χ1v) is 7.58. The van der Waals surface area contributed by atoms with E-state index in [2.05, 4.69) is 43.7 Å². The molecule has 1 aromatic rings. The van der Waals surface area contributed by atoms with E-state index in [-0.39, 0.29) is 0 Å². The maximum absolute atomic E-state index is 11.3. The number of carboxylic acid groups (broad SMARTS) is 1. The zero-order chi connectivity index (χ0) is 13.3. The Morgan fingerprint density at radius 2 is 2.11 bits per heavy atom. The second-order valence-electron chi connectivity index (χ2n) is 4.65. The van der Waals surface area contributed by atoms with Gasteiger partial charge in [0.2, 0.25) is 0 Å². The highest BCUT2D eigenvalue weighted by atomic mass is 79.9. The standard InChI is InChI=1S/C13H15Br2NO2/c1-2-3-8-6-16(7-8)12-10(13(17)18)4-9(14)5-11(12)15/h4-5,8H,2-3,6-7H2,1H3,(H,17,18). The third kappa shape index (κ3) is 2.72. The predicted octanol–water partition coefficient (Wildman–Crippen LogP) is 4.15. The van der Waals surface area contributed by atoms with Crippen molar-refractivity contribution in [1.82, 2.24) is 0 Å². The molecule has 0 atom stereocenters. The van der Waals surface area contributed by atoms with Crippen LogP contribution in [0.15, 0.2) is 21.1 Å². The number of hydrogen-bond donors (Lipinski definition) is 1. The van der Waals surface area contributed by atoms with Crippen molar-refractivity contribution in [3.8, 4) is 0 Å². The lowest BCUT2D eigenvalue weighted by atomic mass is 9.93. The van der Waals surface area contributed by atoms with Gasteiger partial charge in [-0.1, -0.05) is 29.3 Å². The summed E-state index contributed by atoms with van der Waals surface area (Å²) in [6.45, 7) is 4.09. The van der Waals surface area contributed by atoms with Gasteiger partial charge in [-0.05, 0) is 40.4 Å². The van der Waals surface area contributed by atoms with E-state index in [1.807, 2.05) is 6.07 Å². The summed E-state index contributed by atoms with van der Waals surface area (Å²) in [6.07, 6.45) is 2.40. The molecule has 1 N–H and O–H groups in total. The first-order chi connectivity index (χ1) is 8.52. The minimum absolute atomic E-state index is 0.353. The summed E-state index contributed by atoms with van der Waals surface area (Å²) in [6, 6.07) is 3.56. The molecule has 18 heavy (non-hydrogen) atoms. The van der Waals surface area contributed by atoms with Crippen LogP contribution >= 0.6 is 31.9 Å². The molecule has 1 fully saturated rings. The Morgan fingerprint density at radius 1 is 1.44 bits per heavy atom. The van der Waals surface area contributed by atoms with Crippen LogP contribution in [0.1, 0.15) is 30.1 Å². The minimum atomic E-state index is -0.883. The summed E-state index contributed by atoms with van der Waals surface area (Å²) in [5, 5.41) is 9.28. The van der Waals surface area contributed by atoms with Gasteiger partial charge in [-0.3, -0.25) is 0 Å². The predicted molar refractivity (Wildman–Crippen MR) is 79.4 cm³/mol. The first kappa shape index (κ1) is 13.9. The van der Waals surface area contributed by atoms with Gasteiger partial charge in [0.05, 0.1) is 11.3 Å². The molecule has 2 rings (SSSR count). The smallest absolute Gasteiger partial charge is 0.337 e. The molecule has 1 aromatic carbocycles. The van der Waals surface area contributed by atoms with Gasteiger partial charge >= 0.3 is 5.97 Å². The molecule has 5 heteroatoms. The van der Waals surface area contributed by atoms with Gasteiger partial charge in [0.1, 0.15) is 0 Å². The molecular formula is C13H15Br2NO2. The lowest BCUT2D eigenvalue weighted by Gasteiger charge is -2.42. The van der Waals surface area contributed by atoms with Crippen molar-refractivity contribution >= 4 is 43.5 Å². The quantitative estimate of drug-likeness (QED) is 0.858. The zero-order valence-corrected chi connectivity index (χ0v) is 13.3. The van der Waals surface area contributed by atoms with E-state index in [0.717, 1.165) is 27.7 Å². The molecule has 3 nitrogen and oxygen atoms in total. The van der Waals surface area contributed by atoms with Gasteiger partial charge in [0.25, 0.3) is 0 Å². The van der Waals surface area contributed by atoms with Crippen LogP contribution in [0.4, 0.5) is 5.69 Å². The van der Waals surface area contributed by atoms with Crippen molar-refractivity contribution in [2.45, 2.75) is 19.8 Å². The Morgan fingerprint density at radius 3 is 2.67 bits per heavy atom. The molecule has 0 saturated carbocycles. The number of benzene rings is 1. The molecule has 1 saturated heterocycles. The van der Waals surface area contributed by atoms with E-state index < -0.39 is 5.97 Å². The number of carbonyl (C=O) groups is 1. The van der Waals surface area contributed by atoms with E-state index in [1.54, 1.807) is 6.07 Å². The van der Waals surface area contributed by atoms with Crippen molar-refractivity contribution in [2.24, 2.45) is 5.92 Å². The van der Waals surface area contributed by atoms with E-state index in [1.165, 1.54) is 12.8 Å². The lowest BCUT2D eigenvalue weighted by Crippen LogP contribution is -2.47. The van der Waals surface area contributed by atoms with E-state index in [4.69, 9.17) is 0 Å². The molecule has 98 valence electrons. The SMILES string of the molecule is CCCC1CN(c2c(Br)cc(Br)cc2C(=O)O)C1. The first-order valence-electron chi connectivity index (χ1n) is 6.00. The molecule has 1 aliphatic rings. The maximum atomic E-state index is 11.3. The molecule has 1 heterocycles. The van der Waals surface area contributed by atoms with Gasteiger partial charge in [-0.2, -0.15) is 0 Å². The third-order valence-corrected chi connectivity index (χ3v) is 4.29. The maximum Gasteiger partial charge on any atom is 0.337 e. The molecule has 0 bridgehead atoms. The Bertz CT molecular complexity index is 470. The lowest BCUT2D eigenvalue weighted by molar-refractivity contribution is 0.0697. The Hall–Kier alpha value is -0.550. The molecular weight excluding hydrogens is 362 g/mol. The van der Waals surface area contributed by atoms with Crippen LogP contribution < -0.4 is 4.90 Å². The van der Waals surface area contributed by atoms with Crippen LogP contribution in [0, 0.1) is 5.92 Å². The number of nitrogens with zero attached hydrogens (tertiary/aromatic N) is 1. The van der Waals surface area contributed by atoms with Crippen molar-refractivity contribution < 1.29 is 9.90 Å². The third-order valence-electron chi connectivity index (χ3n) is 3.23. The number of hydrogen-bond acceptors (Lipinski definition) is 2. The van der Waals surface area contributed by atoms with Gasteiger partial charge in [-0.25, -0.2) is 4.79 Å². The molecule has 0 aromatic heterocycles. The summed E-state index contributed by atoms with van der Waals surface area (Å²) in [5.74, 6) is -0.182. The van der Waals surface area contributed by atoms with Gasteiger partial charge in [0, 0.05) is 22.0 Å². The fourth-order valence-electron chi connectivity index (χ4n) is 2.39. The highest BCUT2D eigenvalue weighted by Gasteiger charge is 2.30. The van der Waals surface area contributed by atoms with Crippen LogP contribution in [0.5, 0.6) is 0 Å². The summed E-state index contributed by atoms with van der Waals surface area (Å²) in [4.78, 5) is 13.4. The van der Waals surface area contributed by atoms with Crippen LogP contribution in [-0.4, -0.2) is 24.2 Å². The fraction of sp³-hybridized carbons (Fsp3) is 0.462. The number of halogens is 2. The van der Waals surface area contributed by atoms with Crippen molar-refractivity contribution in [2.75, 3.05) is 18.0 Å². The van der Waals surface area contributed by atoms with Crippen LogP contribution in [0.3, 0.4) is 0 Å². The average Bonchev–Trinajstić information content (AvgIpc) is 2.23. The molecule has 1 aliphatic heterocycles. The normalized spacial score (nSPS) is 15.6. The highest BCUT2D eigenvalue weighted by Crippen LogP contribution is 2.38. The van der Waals surface area contributed by atoms with Crippen molar-refractivity contribution in [3.05, 3.63) is 26.6 Å². The second-order valence-corrected chi connectivity index (χ2v) is 6.42. The van der Waals surface area contributed by atoms with Gasteiger partial charge < -0.3 is 10.0 Å². The van der Waals surface area contributed by atoms with E-state index in [9.17, 15) is 9.90 Å². The molecule has 0 radical (unpaired) electrons. The van der Waals surface area contributed by atoms with Crippen LogP contribution in [0.25, 0.3) is 0 Å². The van der Waals surface area contributed by atoms with Crippen molar-refractivity contribution in [3.63, 3.8) is 0 Å². The Labute approximate surface area is 123 Å². The molecule has 0 amide bonds. The van der Waals surface area contributed by atoms with E-state index >= 15 is 0 Å². The Balaban J connectivity index is 2.25. The Kier molecular flexibility index (Phi) is 4.33. The topological polar surface area (TPSA) is 40.5 Å². The van der Waals surface area contributed by atoms with Gasteiger partial charge in [-0.15, -0.1) is 0 Å². The molecule has 0 unspecified atom stereocenters. The summed E-state index contributed by atoms with van der Waals surface area (Å²) >= 11 is 6.79. The summed E-state index contributed by atoms with van der Waals surface area (Å²) < 4.78 is 1.62. The molecule has 0 spiro atoms.